The molecule has 0 unspecified atom stereocenters. The third-order valence-electron chi connectivity index (χ3n) is 2.94. The standard InChI is InChI=1S/C16H23N5/c1-16(2,3)20-15(17-4)19-11-13-7-5-6-8-14(13)21-10-9-18-12-21/h5-10,12H,11H2,1-4H3,(H2,17,19,20). The van der Waals surface area contributed by atoms with Gasteiger partial charge in [0.25, 0.3) is 0 Å². The Balaban J connectivity index is 2.10. The average Bonchev–Trinajstić information content (AvgIpc) is 2.96. The van der Waals surface area contributed by atoms with Crippen molar-refractivity contribution in [2.45, 2.75) is 32.9 Å². The van der Waals surface area contributed by atoms with Crippen molar-refractivity contribution in [3.05, 3.63) is 48.5 Å². The van der Waals surface area contributed by atoms with Crippen molar-refractivity contribution in [2.75, 3.05) is 7.05 Å². The Labute approximate surface area is 126 Å². The van der Waals surface area contributed by atoms with Crippen LogP contribution in [0.15, 0.2) is 48.0 Å². The molecule has 0 spiro atoms. The molecule has 5 heteroatoms. The highest BCUT2D eigenvalue weighted by Crippen LogP contribution is 2.13. The molecule has 1 heterocycles. The van der Waals surface area contributed by atoms with Crippen molar-refractivity contribution >= 4 is 5.96 Å². The van der Waals surface area contributed by atoms with Gasteiger partial charge in [-0.1, -0.05) is 18.2 Å². The van der Waals surface area contributed by atoms with Crippen LogP contribution in [0.2, 0.25) is 0 Å². The van der Waals surface area contributed by atoms with E-state index in [4.69, 9.17) is 0 Å². The monoisotopic (exact) mass is 285 g/mol. The second kappa shape index (κ2) is 6.43. The van der Waals surface area contributed by atoms with E-state index in [-0.39, 0.29) is 5.54 Å². The SMILES string of the molecule is CN=C(NCc1ccccc1-n1ccnc1)NC(C)(C)C. The van der Waals surface area contributed by atoms with Crippen LogP contribution in [0, 0.1) is 0 Å². The molecule has 2 aromatic rings. The topological polar surface area (TPSA) is 54.2 Å². The lowest BCUT2D eigenvalue weighted by atomic mass is 10.1. The van der Waals surface area contributed by atoms with Crippen LogP contribution in [-0.4, -0.2) is 28.1 Å². The van der Waals surface area contributed by atoms with Crippen molar-refractivity contribution in [1.82, 2.24) is 20.2 Å². The van der Waals surface area contributed by atoms with Crippen LogP contribution < -0.4 is 10.6 Å². The maximum atomic E-state index is 4.26. The number of para-hydroxylation sites is 1. The van der Waals surface area contributed by atoms with Gasteiger partial charge in [-0.25, -0.2) is 4.98 Å². The Morgan fingerprint density at radius 3 is 2.67 bits per heavy atom. The van der Waals surface area contributed by atoms with Crippen molar-refractivity contribution < 1.29 is 0 Å². The molecule has 0 aliphatic carbocycles. The number of guanidine groups is 1. The number of nitrogens with zero attached hydrogens (tertiary/aromatic N) is 3. The first-order valence-corrected chi connectivity index (χ1v) is 7.05. The zero-order chi connectivity index (χ0) is 15.3. The lowest BCUT2D eigenvalue weighted by Gasteiger charge is -2.24. The molecule has 1 aromatic carbocycles. The van der Waals surface area contributed by atoms with E-state index in [2.05, 4.69) is 53.5 Å². The van der Waals surface area contributed by atoms with E-state index in [1.807, 2.05) is 22.9 Å². The number of nitrogens with one attached hydrogen (secondary N) is 2. The van der Waals surface area contributed by atoms with Gasteiger partial charge in [-0.15, -0.1) is 0 Å². The van der Waals surface area contributed by atoms with E-state index in [1.165, 1.54) is 5.56 Å². The number of aliphatic imine (C=N–C) groups is 1. The lowest BCUT2D eigenvalue weighted by molar-refractivity contribution is 0.501. The minimum Gasteiger partial charge on any atom is -0.352 e. The summed E-state index contributed by atoms with van der Waals surface area (Å²) in [7, 11) is 1.78. The van der Waals surface area contributed by atoms with Crippen LogP contribution in [-0.2, 0) is 6.54 Å². The molecule has 0 saturated carbocycles. The summed E-state index contributed by atoms with van der Waals surface area (Å²) in [4.78, 5) is 8.36. The summed E-state index contributed by atoms with van der Waals surface area (Å²) in [5.41, 5.74) is 2.28. The quantitative estimate of drug-likeness (QED) is 0.672. The Bertz CT molecular complexity index is 593. The zero-order valence-electron chi connectivity index (χ0n) is 13.1. The molecule has 0 radical (unpaired) electrons. The average molecular weight is 285 g/mol. The van der Waals surface area contributed by atoms with Crippen LogP contribution in [0.4, 0.5) is 0 Å². The molecule has 0 atom stereocenters. The van der Waals surface area contributed by atoms with E-state index < -0.39 is 0 Å². The van der Waals surface area contributed by atoms with Crippen molar-refractivity contribution in [3.63, 3.8) is 0 Å². The van der Waals surface area contributed by atoms with Gasteiger partial charge in [0, 0.05) is 31.5 Å². The molecule has 0 bridgehead atoms. The second-order valence-corrected chi connectivity index (χ2v) is 5.90. The molecule has 2 N–H and O–H groups in total. The molecule has 0 amide bonds. The van der Waals surface area contributed by atoms with E-state index in [0.29, 0.717) is 6.54 Å². The number of benzene rings is 1. The fraction of sp³-hybridized carbons (Fsp3) is 0.375. The largest absolute Gasteiger partial charge is 0.352 e. The molecule has 0 fully saturated rings. The molecule has 21 heavy (non-hydrogen) atoms. The highest BCUT2D eigenvalue weighted by Gasteiger charge is 2.12. The first-order chi connectivity index (χ1) is 9.99. The molecule has 5 nitrogen and oxygen atoms in total. The first kappa shape index (κ1) is 15.1. The lowest BCUT2D eigenvalue weighted by Crippen LogP contribution is -2.47. The fourth-order valence-corrected chi connectivity index (χ4v) is 2.03. The summed E-state index contributed by atoms with van der Waals surface area (Å²) < 4.78 is 2.01. The highest BCUT2D eigenvalue weighted by molar-refractivity contribution is 5.80. The van der Waals surface area contributed by atoms with Gasteiger partial charge in [-0.2, -0.15) is 0 Å². The van der Waals surface area contributed by atoms with Gasteiger partial charge in [0.2, 0.25) is 0 Å². The minimum absolute atomic E-state index is 0.0221. The molecular formula is C16H23N5. The molecule has 2 rings (SSSR count). The van der Waals surface area contributed by atoms with Crippen LogP contribution in [0.3, 0.4) is 0 Å². The molecule has 1 aromatic heterocycles. The van der Waals surface area contributed by atoms with Crippen molar-refractivity contribution in [3.8, 4) is 5.69 Å². The highest BCUT2D eigenvalue weighted by atomic mass is 15.2. The summed E-state index contributed by atoms with van der Waals surface area (Å²) in [5, 5.41) is 6.70. The fourth-order valence-electron chi connectivity index (χ4n) is 2.03. The van der Waals surface area contributed by atoms with E-state index in [1.54, 1.807) is 19.6 Å². The number of aromatic nitrogens is 2. The predicted octanol–water partition coefficient (Wildman–Crippen LogP) is 2.34. The van der Waals surface area contributed by atoms with Gasteiger partial charge in [-0.3, -0.25) is 4.99 Å². The van der Waals surface area contributed by atoms with Crippen LogP contribution in [0.1, 0.15) is 26.3 Å². The molecule has 112 valence electrons. The van der Waals surface area contributed by atoms with Crippen molar-refractivity contribution in [1.29, 1.82) is 0 Å². The first-order valence-electron chi connectivity index (χ1n) is 7.05. The number of hydrogen-bond acceptors (Lipinski definition) is 2. The molecular weight excluding hydrogens is 262 g/mol. The Morgan fingerprint density at radius 1 is 1.29 bits per heavy atom. The Morgan fingerprint density at radius 2 is 2.05 bits per heavy atom. The predicted molar refractivity (Wildman–Crippen MR) is 86.7 cm³/mol. The summed E-state index contributed by atoms with van der Waals surface area (Å²) >= 11 is 0. The maximum absolute atomic E-state index is 4.26. The normalized spacial score (nSPS) is 12.3. The van der Waals surface area contributed by atoms with Gasteiger partial charge in [0.15, 0.2) is 5.96 Å². The van der Waals surface area contributed by atoms with Gasteiger partial charge in [0.05, 0.1) is 12.0 Å². The molecule has 0 aliphatic heterocycles. The van der Waals surface area contributed by atoms with Gasteiger partial charge < -0.3 is 15.2 Å². The minimum atomic E-state index is -0.0221. The van der Waals surface area contributed by atoms with E-state index in [9.17, 15) is 0 Å². The Kier molecular flexibility index (Phi) is 4.62. The number of hydrogen-bond donors (Lipinski definition) is 2. The van der Waals surface area contributed by atoms with Gasteiger partial charge in [-0.05, 0) is 32.4 Å². The summed E-state index contributed by atoms with van der Waals surface area (Å²) in [6.45, 7) is 7.03. The Hall–Kier alpha value is -2.30. The number of imidazole rings is 1. The van der Waals surface area contributed by atoms with Crippen LogP contribution in [0.5, 0.6) is 0 Å². The number of rotatable bonds is 3. The summed E-state index contributed by atoms with van der Waals surface area (Å²) in [6.07, 6.45) is 5.53. The summed E-state index contributed by atoms with van der Waals surface area (Å²) in [6, 6.07) is 8.25. The molecule has 0 aliphatic rings. The maximum Gasteiger partial charge on any atom is 0.191 e. The van der Waals surface area contributed by atoms with Crippen LogP contribution in [0.25, 0.3) is 5.69 Å². The van der Waals surface area contributed by atoms with Crippen molar-refractivity contribution in [2.24, 2.45) is 4.99 Å². The third-order valence-corrected chi connectivity index (χ3v) is 2.94. The van der Waals surface area contributed by atoms with E-state index in [0.717, 1.165) is 11.6 Å². The third kappa shape index (κ3) is 4.34. The van der Waals surface area contributed by atoms with Gasteiger partial charge in [0.1, 0.15) is 0 Å². The smallest absolute Gasteiger partial charge is 0.191 e. The zero-order valence-corrected chi connectivity index (χ0v) is 13.1. The summed E-state index contributed by atoms with van der Waals surface area (Å²) in [5.74, 6) is 0.794. The van der Waals surface area contributed by atoms with Crippen LogP contribution >= 0.6 is 0 Å². The van der Waals surface area contributed by atoms with Gasteiger partial charge >= 0.3 is 0 Å². The second-order valence-electron chi connectivity index (χ2n) is 5.90. The van der Waals surface area contributed by atoms with E-state index >= 15 is 0 Å². The molecule has 0 saturated heterocycles.